The molecule has 16 heteroatoms. The minimum Gasteiger partial charge on any atom is -0.744 e. The highest BCUT2D eigenvalue weighted by molar-refractivity contribution is 9.10. The molecular formula is C78H76Br2F2N4O6S2. The zero-order valence-electron chi connectivity index (χ0n) is 53.1. The molecule has 8 aromatic carbocycles. The Kier molecular flexibility index (Phi) is 24.8. The van der Waals surface area contributed by atoms with Crippen LogP contribution in [0.5, 0.6) is 0 Å². The summed E-state index contributed by atoms with van der Waals surface area (Å²) < 4.78 is 109. The number of nitrogens with zero attached hydrogens (tertiary/aromatic N) is 4. The van der Waals surface area contributed by atoms with Crippen molar-refractivity contribution in [3.05, 3.63) is 297 Å². The fourth-order valence-electron chi connectivity index (χ4n) is 11.3. The topological polar surface area (TPSA) is 127 Å². The lowest BCUT2D eigenvalue weighted by molar-refractivity contribution is -0.440. The van der Waals surface area contributed by atoms with Crippen molar-refractivity contribution >= 4 is 109 Å². The number of unbranched alkanes of at least 4 members (excludes halogenated alkanes) is 4. The molecule has 0 spiro atoms. The molecule has 2 aliphatic rings. The molecule has 0 saturated carbocycles. The summed E-state index contributed by atoms with van der Waals surface area (Å²) in [5.41, 5.74) is 12.9. The van der Waals surface area contributed by atoms with E-state index in [1.165, 1.54) is 36.4 Å². The zero-order valence-corrected chi connectivity index (χ0v) is 58.0. The van der Waals surface area contributed by atoms with Crippen LogP contribution in [-0.4, -0.2) is 72.7 Å². The largest absolute Gasteiger partial charge is 0.744 e. The third kappa shape index (κ3) is 18.2. The van der Waals surface area contributed by atoms with Crippen LogP contribution < -0.4 is 9.80 Å². The van der Waals surface area contributed by atoms with Crippen LogP contribution in [0.2, 0.25) is 0 Å². The maximum atomic E-state index is 13.7. The maximum Gasteiger partial charge on any atom is 0.205 e. The average molecular weight is 1430 g/mol. The monoisotopic (exact) mass is 1420 g/mol. The van der Waals surface area contributed by atoms with Crippen LogP contribution >= 0.6 is 31.9 Å². The molecule has 0 N–H and O–H groups in total. The van der Waals surface area contributed by atoms with Gasteiger partial charge in [0.25, 0.3) is 0 Å². The lowest BCUT2D eigenvalue weighted by atomic mass is 9.90. The molecule has 0 aliphatic heterocycles. The predicted molar refractivity (Wildman–Crippen MR) is 385 cm³/mol. The quantitative estimate of drug-likeness (QED) is 0.0432. The van der Waals surface area contributed by atoms with Crippen LogP contribution in [0.15, 0.2) is 273 Å². The van der Waals surface area contributed by atoms with Crippen LogP contribution in [0.4, 0.5) is 42.9 Å². The fourth-order valence-corrected chi connectivity index (χ4v) is 13.2. The Labute approximate surface area is 570 Å². The van der Waals surface area contributed by atoms with Crippen LogP contribution in [0, 0.1) is 11.6 Å². The second-order valence-corrected chi connectivity index (χ2v) is 27.3. The first-order valence-electron chi connectivity index (χ1n) is 31.8. The summed E-state index contributed by atoms with van der Waals surface area (Å²) in [7, 11) is -9.52. The Morgan fingerprint density at radius 3 is 1.03 bits per heavy atom. The van der Waals surface area contributed by atoms with Crippen molar-refractivity contribution in [2.24, 2.45) is 0 Å². The molecule has 10 nitrogen and oxygen atoms in total. The van der Waals surface area contributed by atoms with E-state index in [1.54, 1.807) is 60.7 Å². The van der Waals surface area contributed by atoms with Crippen molar-refractivity contribution in [1.29, 1.82) is 0 Å². The van der Waals surface area contributed by atoms with Gasteiger partial charge in [-0.1, -0.05) is 146 Å². The van der Waals surface area contributed by atoms with E-state index < -0.39 is 20.2 Å². The van der Waals surface area contributed by atoms with E-state index in [4.69, 9.17) is 0 Å². The van der Waals surface area contributed by atoms with E-state index >= 15 is 0 Å². The molecule has 0 bridgehead atoms. The number of benzene rings is 8. The number of hydrogen-bond acceptors (Lipinski definition) is 8. The molecule has 0 aromatic heterocycles. The van der Waals surface area contributed by atoms with E-state index in [0.29, 0.717) is 22.3 Å². The van der Waals surface area contributed by atoms with Gasteiger partial charge >= 0.3 is 0 Å². The molecule has 0 atom stereocenters. The van der Waals surface area contributed by atoms with Crippen molar-refractivity contribution in [2.45, 2.75) is 88.9 Å². The highest BCUT2D eigenvalue weighted by atomic mass is 79.9. The van der Waals surface area contributed by atoms with Gasteiger partial charge in [-0.25, -0.2) is 25.6 Å². The molecule has 0 saturated heterocycles. The van der Waals surface area contributed by atoms with Crippen molar-refractivity contribution in [2.75, 3.05) is 36.0 Å². The minimum atomic E-state index is -4.79. The Bertz CT molecular complexity index is 4110. The third-order valence-corrected chi connectivity index (χ3v) is 19.1. The van der Waals surface area contributed by atoms with Crippen molar-refractivity contribution in [1.82, 2.24) is 0 Å². The summed E-state index contributed by atoms with van der Waals surface area (Å²) in [6.07, 6.45) is 24.0. The maximum absolute atomic E-state index is 13.7. The first kappa shape index (κ1) is 70.1. The highest BCUT2D eigenvalue weighted by Crippen LogP contribution is 2.39. The van der Waals surface area contributed by atoms with Crippen LogP contribution in [0.25, 0.3) is 11.1 Å². The predicted octanol–water partition coefficient (Wildman–Crippen LogP) is 19.9. The third-order valence-electron chi connectivity index (χ3n) is 16.2. The summed E-state index contributed by atoms with van der Waals surface area (Å²) in [5, 5.41) is 0. The summed E-state index contributed by atoms with van der Waals surface area (Å²) in [5.74, 6) is -0.606. The van der Waals surface area contributed by atoms with Crippen molar-refractivity contribution < 1.29 is 43.9 Å². The Morgan fingerprint density at radius 2 is 0.691 bits per heavy atom. The van der Waals surface area contributed by atoms with Crippen LogP contribution in [-0.2, 0) is 20.2 Å². The number of rotatable bonds is 24. The van der Waals surface area contributed by atoms with Crippen LogP contribution in [0.3, 0.4) is 0 Å². The number of hydrogen-bond donors (Lipinski definition) is 0. The van der Waals surface area contributed by atoms with Crippen LogP contribution in [0.1, 0.15) is 101 Å². The van der Waals surface area contributed by atoms with Gasteiger partial charge in [-0.2, -0.15) is 9.15 Å². The van der Waals surface area contributed by atoms with Gasteiger partial charge in [0, 0.05) is 117 Å². The standard InChI is InChI=1S/C39H38Br2N2O3S.C39H38F2N2O3S/c2*1-3-5-27-42(35-23-15-31(40)16-24-35)33-19-11-29(12-20-33)39(37-9-7-8-10-38(37)47(44,45)46)30-13-21-34(22-14-30)43(28-6-4-2)36-25-17-32(41)18-26-36/h2*7-26H,3-6,27-28H2,1-2H3. The van der Waals surface area contributed by atoms with Gasteiger partial charge in [-0.3, -0.25) is 0 Å². The number of anilines is 4. The molecule has 0 unspecified atom stereocenters. The summed E-state index contributed by atoms with van der Waals surface area (Å²) >= 11 is 7.08. The summed E-state index contributed by atoms with van der Waals surface area (Å²) in [6.45, 7) is 11.8. The molecule has 8 aromatic rings. The number of halogens is 4. The number of allylic oxidation sites excluding steroid dienone is 10. The van der Waals surface area contributed by atoms with E-state index in [9.17, 15) is 34.7 Å². The van der Waals surface area contributed by atoms with Crippen molar-refractivity contribution in [3.8, 4) is 0 Å². The molecular weight excluding hydrogens is 1350 g/mol. The molecule has 0 radical (unpaired) electrons. The Morgan fingerprint density at radius 1 is 0.394 bits per heavy atom. The average Bonchev–Trinajstić information content (AvgIpc) is 0.812. The van der Waals surface area contributed by atoms with Gasteiger partial charge in [-0.05, 0) is 180 Å². The highest BCUT2D eigenvalue weighted by Gasteiger charge is 2.24. The molecule has 2 aliphatic carbocycles. The van der Waals surface area contributed by atoms with Gasteiger partial charge in [0.15, 0.2) is 0 Å². The molecule has 94 heavy (non-hydrogen) atoms. The van der Waals surface area contributed by atoms with E-state index in [2.05, 4.69) is 127 Å². The normalized spacial score (nSPS) is 12.8. The smallest absolute Gasteiger partial charge is 0.205 e. The van der Waals surface area contributed by atoms with Gasteiger partial charge in [0.2, 0.25) is 22.8 Å². The lowest BCUT2D eigenvalue weighted by Crippen LogP contribution is -2.18. The van der Waals surface area contributed by atoms with Crippen molar-refractivity contribution in [3.63, 3.8) is 0 Å². The minimum absolute atomic E-state index is 0.234. The second kappa shape index (κ2) is 33.3. The SMILES string of the molecule is CCCCN(c1ccc(Br)cc1)c1ccc(C(=C2C=CC(=[N+](CCCC)c3ccc(Br)cc3)C=C2)c2ccccc2S(=O)(=O)[O-])cc1.CCCCN(c1ccc(F)cc1)c1ccc(C(=C2C=CC(=[N+](CCCC)c3ccc(F)cc3)C=C2)c2ccccc2S(=O)(=O)[O-])cc1. The summed E-state index contributed by atoms with van der Waals surface area (Å²) in [4.78, 5) is 3.88. The van der Waals surface area contributed by atoms with Gasteiger partial charge in [0.05, 0.1) is 9.79 Å². The van der Waals surface area contributed by atoms with Gasteiger partial charge in [-0.15, -0.1) is 0 Å². The Balaban J connectivity index is 0.000000221. The molecule has 0 amide bonds. The van der Waals surface area contributed by atoms with Gasteiger partial charge in [0.1, 0.15) is 45.0 Å². The fraction of sp³-hybridized carbons (Fsp3) is 0.205. The molecule has 0 fully saturated rings. The molecule has 484 valence electrons. The summed E-state index contributed by atoms with van der Waals surface area (Å²) in [6, 6.07) is 58.0. The van der Waals surface area contributed by atoms with E-state index in [0.717, 1.165) is 154 Å². The molecule has 10 rings (SSSR count). The first-order valence-corrected chi connectivity index (χ1v) is 36.2. The Hall–Kier alpha value is -8.22. The van der Waals surface area contributed by atoms with Gasteiger partial charge < -0.3 is 18.9 Å². The second-order valence-electron chi connectivity index (χ2n) is 22.8. The first-order chi connectivity index (χ1) is 45.4. The van der Waals surface area contributed by atoms with E-state index in [1.807, 2.05) is 97.1 Å². The zero-order chi connectivity index (χ0) is 66.8. The lowest BCUT2D eigenvalue weighted by Gasteiger charge is -2.26. The molecule has 0 heterocycles. The van der Waals surface area contributed by atoms with E-state index in [-0.39, 0.29) is 21.4 Å².